The molecule has 2 aliphatic rings. The van der Waals surface area contributed by atoms with Gasteiger partial charge in [-0.15, -0.1) is 0 Å². The normalized spacial score (nSPS) is 28.9. The summed E-state index contributed by atoms with van der Waals surface area (Å²) in [6, 6.07) is 8.36. The van der Waals surface area contributed by atoms with Gasteiger partial charge in [0.25, 0.3) is 0 Å². The number of hydrogen-bond acceptors (Lipinski definition) is 4. The second-order valence-corrected chi connectivity index (χ2v) is 6.48. The molecule has 20 heavy (non-hydrogen) atoms. The standard InChI is InChI=1S/C16H24N2O2/c1-16(2)11-18(9-13(7-17)20-16)8-12-10-19-15-6-4-3-5-14(12)15/h3-6,12-13H,7-11,17H2,1-2H3. The van der Waals surface area contributed by atoms with E-state index in [4.69, 9.17) is 15.2 Å². The largest absolute Gasteiger partial charge is 0.493 e. The van der Waals surface area contributed by atoms with Crippen LogP contribution in [-0.2, 0) is 4.74 Å². The van der Waals surface area contributed by atoms with Crippen molar-refractivity contribution in [2.75, 3.05) is 32.8 Å². The molecule has 2 atom stereocenters. The minimum absolute atomic E-state index is 0.124. The molecule has 0 spiro atoms. The zero-order valence-corrected chi connectivity index (χ0v) is 12.3. The maximum atomic E-state index is 5.99. The lowest BCUT2D eigenvalue weighted by molar-refractivity contribution is -0.132. The van der Waals surface area contributed by atoms with Crippen LogP contribution in [0.5, 0.6) is 5.75 Å². The second kappa shape index (κ2) is 5.35. The Morgan fingerprint density at radius 2 is 2.15 bits per heavy atom. The second-order valence-electron chi connectivity index (χ2n) is 6.48. The van der Waals surface area contributed by atoms with Crippen LogP contribution in [0.4, 0.5) is 0 Å². The first-order valence-electron chi connectivity index (χ1n) is 7.39. The van der Waals surface area contributed by atoms with Crippen molar-refractivity contribution >= 4 is 0 Å². The van der Waals surface area contributed by atoms with Crippen LogP contribution in [0.1, 0.15) is 25.3 Å². The van der Waals surface area contributed by atoms with E-state index in [9.17, 15) is 0 Å². The fourth-order valence-corrected chi connectivity index (χ4v) is 3.37. The van der Waals surface area contributed by atoms with Gasteiger partial charge in [-0.05, 0) is 19.9 Å². The van der Waals surface area contributed by atoms with Gasteiger partial charge < -0.3 is 15.2 Å². The van der Waals surface area contributed by atoms with Gasteiger partial charge in [-0.1, -0.05) is 18.2 Å². The number of hydrogen-bond donors (Lipinski definition) is 1. The first kappa shape index (κ1) is 13.9. The van der Waals surface area contributed by atoms with E-state index < -0.39 is 0 Å². The Kier molecular flexibility index (Phi) is 3.71. The first-order chi connectivity index (χ1) is 9.57. The number of benzene rings is 1. The molecule has 0 aromatic heterocycles. The lowest BCUT2D eigenvalue weighted by Crippen LogP contribution is -2.55. The molecule has 2 N–H and O–H groups in total. The third-order valence-electron chi connectivity index (χ3n) is 4.09. The van der Waals surface area contributed by atoms with Crippen LogP contribution < -0.4 is 10.5 Å². The summed E-state index contributed by atoms with van der Waals surface area (Å²) in [6.07, 6.45) is 0.135. The van der Waals surface area contributed by atoms with Gasteiger partial charge in [-0.3, -0.25) is 4.90 Å². The van der Waals surface area contributed by atoms with E-state index in [1.165, 1.54) is 5.56 Å². The Morgan fingerprint density at radius 1 is 1.35 bits per heavy atom. The van der Waals surface area contributed by atoms with Crippen LogP contribution in [0, 0.1) is 0 Å². The highest BCUT2D eigenvalue weighted by Crippen LogP contribution is 2.34. The highest BCUT2D eigenvalue weighted by atomic mass is 16.5. The van der Waals surface area contributed by atoms with E-state index in [0.29, 0.717) is 12.5 Å². The Bertz CT molecular complexity index is 475. The summed E-state index contributed by atoms with van der Waals surface area (Å²) in [6.45, 7) is 8.52. The molecule has 0 amide bonds. The number of para-hydroxylation sites is 1. The van der Waals surface area contributed by atoms with Crippen molar-refractivity contribution in [2.24, 2.45) is 5.73 Å². The molecular formula is C16H24N2O2. The minimum Gasteiger partial charge on any atom is -0.493 e. The van der Waals surface area contributed by atoms with Crippen molar-refractivity contribution < 1.29 is 9.47 Å². The van der Waals surface area contributed by atoms with Crippen LogP contribution in [0.3, 0.4) is 0 Å². The van der Waals surface area contributed by atoms with Crippen molar-refractivity contribution in [3.63, 3.8) is 0 Å². The molecule has 2 aliphatic heterocycles. The summed E-state index contributed by atoms with van der Waals surface area (Å²) in [4.78, 5) is 2.47. The lowest BCUT2D eigenvalue weighted by Gasteiger charge is -2.43. The maximum Gasteiger partial charge on any atom is 0.122 e. The molecule has 0 radical (unpaired) electrons. The van der Waals surface area contributed by atoms with E-state index in [1.807, 2.05) is 6.07 Å². The monoisotopic (exact) mass is 276 g/mol. The first-order valence-corrected chi connectivity index (χ1v) is 7.39. The predicted molar refractivity (Wildman–Crippen MR) is 79.1 cm³/mol. The summed E-state index contributed by atoms with van der Waals surface area (Å²) in [7, 11) is 0. The highest BCUT2D eigenvalue weighted by molar-refractivity contribution is 5.39. The summed E-state index contributed by atoms with van der Waals surface area (Å²) in [5.74, 6) is 1.50. The van der Waals surface area contributed by atoms with Crippen LogP contribution >= 0.6 is 0 Å². The van der Waals surface area contributed by atoms with Gasteiger partial charge >= 0.3 is 0 Å². The van der Waals surface area contributed by atoms with Gasteiger partial charge in [-0.25, -0.2) is 0 Å². The fraction of sp³-hybridized carbons (Fsp3) is 0.625. The molecule has 1 fully saturated rings. The van der Waals surface area contributed by atoms with Gasteiger partial charge in [0.05, 0.1) is 18.3 Å². The van der Waals surface area contributed by atoms with Crippen molar-refractivity contribution in [3.05, 3.63) is 29.8 Å². The fourth-order valence-electron chi connectivity index (χ4n) is 3.37. The van der Waals surface area contributed by atoms with Crippen LogP contribution in [0.25, 0.3) is 0 Å². The molecule has 0 bridgehead atoms. The van der Waals surface area contributed by atoms with Crippen LogP contribution in [0.2, 0.25) is 0 Å². The molecule has 110 valence electrons. The van der Waals surface area contributed by atoms with Gasteiger partial charge in [0.2, 0.25) is 0 Å². The minimum atomic E-state index is -0.124. The van der Waals surface area contributed by atoms with E-state index in [1.54, 1.807) is 0 Å². The average molecular weight is 276 g/mol. The average Bonchev–Trinajstić information content (AvgIpc) is 2.80. The van der Waals surface area contributed by atoms with Crippen molar-refractivity contribution in [2.45, 2.75) is 31.5 Å². The number of nitrogens with zero attached hydrogens (tertiary/aromatic N) is 1. The number of morpholine rings is 1. The zero-order valence-electron chi connectivity index (χ0n) is 12.3. The van der Waals surface area contributed by atoms with E-state index in [0.717, 1.165) is 32.0 Å². The maximum absolute atomic E-state index is 5.99. The molecule has 3 rings (SSSR count). The lowest BCUT2D eigenvalue weighted by atomic mass is 9.98. The molecule has 2 heterocycles. The molecule has 0 aliphatic carbocycles. The molecule has 0 saturated carbocycles. The summed E-state index contributed by atoms with van der Waals surface area (Å²) in [5, 5.41) is 0. The number of ether oxygens (including phenoxy) is 2. The molecule has 4 nitrogen and oxygen atoms in total. The quantitative estimate of drug-likeness (QED) is 0.911. The molecule has 1 saturated heterocycles. The smallest absolute Gasteiger partial charge is 0.122 e. The summed E-state index contributed by atoms with van der Waals surface area (Å²) >= 11 is 0. The van der Waals surface area contributed by atoms with Crippen molar-refractivity contribution in [1.82, 2.24) is 4.90 Å². The van der Waals surface area contributed by atoms with Crippen molar-refractivity contribution in [3.8, 4) is 5.75 Å². The van der Waals surface area contributed by atoms with Crippen LogP contribution in [-0.4, -0.2) is 49.4 Å². The molecule has 1 aromatic rings. The van der Waals surface area contributed by atoms with Gasteiger partial charge in [0, 0.05) is 37.7 Å². The molecular weight excluding hydrogens is 252 g/mol. The Labute approximate surface area is 120 Å². The van der Waals surface area contributed by atoms with E-state index >= 15 is 0 Å². The van der Waals surface area contributed by atoms with Crippen LogP contribution in [0.15, 0.2) is 24.3 Å². The van der Waals surface area contributed by atoms with Crippen molar-refractivity contribution in [1.29, 1.82) is 0 Å². The Hall–Kier alpha value is -1.10. The number of fused-ring (bicyclic) bond motifs is 1. The van der Waals surface area contributed by atoms with Gasteiger partial charge in [0.15, 0.2) is 0 Å². The number of nitrogens with two attached hydrogens (primary N) is 1. The molecule has 2 unspecified atom stereocenters. The molecule has 1 aromatic carbocycles. The summed E-state index contributed by atoms with van der Waals surface area (Å²) in [5.41, 5.74) is 7.01. The third-order valence-corrected chi connectivity index (χ3v) is 4.09. The Morgan fingerprint density at radius 3 is 2.95 bits per heavy atom. The third kappa shape index (κ3) is 2.82. The predicted octanol–water partition coefficient (Wildman–Crippen LogP) is 1.60. The van der Waals surface area contributed by atoms with Gasteiger partial charge in [-0.2, -0.15) is 0 Å². The topological polar surface area (TPSA) is 47.7 Å². The molecule has 4 heteroatoms. The SMILES string of the molecule is CC1(C)CN(CC2COc3ccccc32)CC(CN)O1. The van der Waals surface area contributed by atoms with E-state index in [2.05, 4.69) is 36.9 Å². The van der Waals surface area contributed by atoms with E-state index in [-0.39, 0.29) is 11.7 Å². The Balaban J connectivity index is 1.69. The highest BCUT2D eigenvalue weighted by Gasteiger charge is 2.35. The summed E-state index contributed by atoms with van der Waals surface area (Å²) < 4.78 is 11.8. The van der Waals surface area contributed by atoms with Gasteiger partial charge in [0.1, 0.15) is 5.75 Å². The zero-order chi connectivity index (χ0) is 14.2. The number of rotatable bonds is 3.